The highest BCUT2D eigenvalue weighted by Crippen LogP contribution is 2.25. The van der Waals surface area contributed by atoms with Crippen LogP contribution in [0.5, 0.6) is 0 Å². The fourth-order valence-corrected chi connectivity index (χ4v) is 1.68. The molecule has 0 aromatic carbocycles. The SMILES string of the molecule is CC(=O)C1CCC(N)C(ON)C1. The lowest BCUT2D eigenvalue weighted by molar-refractivity contribution is -0.124. The Bertz CT molecular complexity index is 172. The molecule has 1 fully saturated rings. The Kier molecular flexibility index (Phi) is 3.20. The molecule has 4 heteroatoms. The van der Waals surface area contributed by atoms with E-state index in [9.17, 15) is 4.79 Å². The van der Waals surface area contributed by atoms with E-state index in [1.54, 1.807) is 6.92 Å². The fourth-order valence-electron chi connectivity index (χ4n) is 1.68. The van der Waals surface area contributed by atoms with Gasteiger partial charge in [0.1, 0.15) is 5.78 Å². The predicted octanol–water partition coefficient (Wildman–Crippen LogP) is -0.0383. The first-order chi connectivity index (χ1) is 5.65. The molecule has 70 valence electrons. The summed E-state index contributed by atoms with van der Waals surface area (Å²) in [6.07, 6.45) is 2.22. The van der Waals surface area contributed by atoms with Gasteiger partial charge in [0.15, 0.2) is 0 Å². The minimum Gasteiger partial charge on any atom is -0.325 e. The summed E-state index contributed by atoms with van der Waals surface area (Å²) in [5.41, 5.74) is 5.74. The van der Waals surface area contributed by atoms with E-state index >= 15 is 0 Å². The zero-order valence-corrected chi connectivity index (χ0v) is 7.32. The summed E-state index contributed by atoms with van der Waals surface area (Å²) in [6.45, 7) is 1.61. The number of hydrogen-bond acceptors (Lipinski definition) is 4. The van der Waals surface area contributed by atoms with Gasteiger partial charge in [0.25, 0.3) is 0 Å². The first-order valence-corrected chi connectivity index (χ1v) is 4.26. The highest BCUT2D eigenvalue weighted by Gasteiger charge is 2.30. The number of rotatable bonds is 2. The van der Waals surface area contributed by atoms with Crippen molar-refractivity contribution in [3.8, 4) is 0 Å². The van der Waals surface area contributed by atoms with Gasteiger partial charge in [-0.25, -0.2) is 5.90 Å². The lowest BCUT2D eigenvalue weighted by Gasteiger charge is -2.31. The fraction of sp³-hybridized carbons (Fsp3) is 0.875. The number of carbonyl (C=O) groups is 1. The van der Waals surface area contributed by atoms with Crippen molar-refractivity contribution in [3.63, 3.8) is 0 Å². The van der Waals surface area contributed by atoms with Gasteiger partial charge >= 0.3 is 0 Å². The van der Waals surface area contributed by atoms with Crippen molar-refractivity contribution in [2.24, 2.45) is 17.5 Å². The Morgan fingerprint density at radius 1 is 1.50 bits per heavy atom. The molecule has 0 aliphatic heterocycles. The molecule has 0 spiro atoms. The molecule has 1 saturated carbocycles. The van der Waals surface area contributed by atoms with Crippen LogP contribution in [0.25, 0.3) is 0 Å². The zero-order chi connectivity index (χ0) is 9.14. The summed E-state index contributed by atoms with van der Waals surface area (Å²) in [6, 6.07) is -0.00870. The highest BCUT2D eigenvalue weighted by molar-refractivity contribution is 5.78. The number of ketones is 1. The Labute approximate surface area is 72.2 Å². The first kappa shape index (κ1) is 9.64. The van der Waals surface area contributed by atoms with Crippen LogP contribution in [-0.2, 0) is 9.63 Å². The second-order valence-corrected chi connectivity index (χ2v) is 3.46. The van der Waals surface area contributed by atoms with Crippen LogP contribution in [0.4, 0.5) is 0 Å². The van der Waals surface area contributed by atoms with E-state index in [0.717, 1.165) is 12.8 Å². The third kappa shape index (κ3) is 2.03. The Balaban J connectivity index is 2.49. The molecule has 1 rings (SSSR count). The Morgan fingerprint density at radius 2 is 2.17 bits per heavy atom. The van der Waals surface area contributed by atoms with Gasteiger partial charge in [-0.15, -0.1) is 0 Å². The predicted molar refractivity (Wildman–Crippen MR) is 45.1 cm³/mol. The second-order valence-electron chi connectivity index (χ2n) is 3.46. The van der Waals surface area contributed by atoms with Crippen molar-refractivity contribution >= 4 is 5.78 Å². The van der Waals surface area contributed by atoms with Crippen molar-refractivity contribution in [2.75, 3.05) is 0 Å². The van der Waals surface area contributed by atoms with E-state index in [1.165, 1.54) is 0 Å². The summed E-state index contributed by atoms with van der Waals surface area (Å²) in [5.74, 6) is 5.37. The third-order valence-electron chi connectivity index (χ3n) is 2.59. The lowest BCUT2D eigenvalue weighted by atomic mass is 9.82. The summed E-state index contributed by atoms with van der Waals surface area (Å²) < 4.78 is 0. The van der Waals surface area contributed by atoms with E-state index in [2.05, 4.69) is 0 Å². The molecule has 4 nitrogen and oxygen atoms in total. The molecule has 12 heavy (non-hydrogen) atoms. The molecule has 0 aromatic heterocycles. The summed E-state index contributed by atoms with van der Waals surface area (Å²) in [7, 11) is 0. The molecule has 3 atom stereocenters. The zero-order valence-electron chi connectivity index (χ0n) is 7.32. The topological polar surface area (TPSA) is 78.3 Å². The molecule has 0 amide bonds. The second kappa shape index (κ2) is 3.98. The van der Waals surface area contributed by atoms with Crippen molar-refractivity contribution in [1.29, 1.82) is 0 Å². The van der Waals surface area contributed by atoms with Crippen LogP contribution < -0.4 is 11.6 Å². The lowest BCUT2D eigenvalue weighted by Crippen LogP contribution is -2.44. The molecule has 1 aliphatic rings. The van der Waals surface area contributed by atoms with E-state index in [-0.39, 0.29) is 23.8 Å². The monoisotopic (exact) mass is 172 g/mol. The van der Waals surface area contributed by atoms with E-state index in [4.69, 9.17) is 16.5 Å². The minimum atomic E-state index is -0.146. The van der Waals surface area contributed by atoms with Crippen LogP contribution in [0, 0.1) is 5.92 Å². The molecule has 0 radical (unpaired) electrons. The van der Waals surface area contributed by atoms with Gasteiger partial charge in [0.05, 0.1) is 6.10 Å². The molecule has 3 unspecified atom stereocenters. The number of carbonyl (C=O) groups excluding carboxylic acids is 1. The van der Waals surface area contributed by atoms with Gasteiger partial charge in [0.2, 0.25) is 0 Å². The van der Waals surface area contributed by atoms with Crippen LogP contribution in [0.3, 0.4) is 0 Å². The molecular weight excluding hydrogens is 156 g/mol. The summed E-state index contributed by atoms with van der Waals surface area (Å²) in [4.78, 5) is 15.7. The van der Waals surface area contributed by atoms with Gasteiger partial charge < -0.3 is 5.73 Å². The van der Waals surface area contributed by atoms with E-state index in [1.807, 2.05) is 0 Å². The number of hydrogen-bond donors (Lipinski definition) is 2. The van der Waals surface area contributed by atoms with Crippen LogP contribution in [0.15, 0.2) is 0 Å². The maximum Gasteiger partial charge on any atom is 0.133 e. The van der Waals surface area contributed by atoms with Crippen molar-refractivity contribution in [3.05, 3.63) is 0 Å². The molecule has 0 aromatic rings. The van der Waals surface area contributed by atoms with Gasteiger partial charge in [-0.3, -0.25) is 9.63 Å². The first-order valence-electron chi connectivity index (χ1n) is 4.26. The number of Topliss-reactive ketones (excluding diaryl/α,β-unsaturated/α-hetero) is 1. The van der Waals surface area contributed by atoms with Crippen LogP contribution in [0.2, 0.25) is 0 Å². The van der Waals surface area contributed by atoms with Gasteiger partial charge in [-0.05, 0) is 26.2 Å². The third-order valence-corrected chi connectivity index (χ3v) is 2.59. The van der Waals surface area contributed by atoms with Crippen LogP contribution >= 0.6 is 0 Å². The van der Waals surface area contributed by atoms with Gasteiger partial charge in [-0.1, -0.05) is 0 Å². The molecule has 1 aliphatic carbocycles. The Hall–Kier alpha value is -0.450. The molecule has 4 N–H and O–H groups in total. The minimum absolute atomic E-state index is 0.00870. The average molecular weight is 172 g/mol. The molecular formula is C8H16N2O2. The number of nitrogens with two attached hydrogens (primary N) is 2. The quantitative estimate of drug-likeness (QED) is 0.573. The normalized spacial score (nSPS) is 36.4. The van der Waals surface area contributed by atoms with Crippen LogP contribution in [0.1, 0.15) is 26.2 Å². The maximum atomic E-state index is 11.0. The van der Waals surface area contributed by atoms with Gasteiger partial charge in [0, 0.05) is 12.0 Å². The highest BCUT2D eigenvalue weighted by atomic mass is 16.6. The standard InChI is InChI=1S/C8H16N2O2/c1-5(11)6-2-3-7(9)8(4-6)12-10/h6-8H,2-4,9-10H2,1H3. The van der Waals surface area contributed by atoms with Gasteiger partial charge in [-0.2, -0.15) is 0 Å². The Morgan fingerprint density at radius 3 is 2.67 bits per heavy atom. The largest absolute Gasteiger partial charge is 0.325 e. The maximum absolute atomic E-state index is 11.0. The molecule has 0 heterocycles. The van der Waals surface area contributed by atoms with Crippen LogP contribution in [-0.4, -0.2) is 17.9 Å². The summed E-state index contributed by atoms with van der Waals surface area (Å²) in [5, 5.41) is 0. The smallest absolute Gasteiger partial charge is 0.133 e. The molecule has 0 bridgehead atoms. The summed E-state index contributed by atoms with van der Waals surface area (Å²) >= 11 is 0. The molecule has 0 saturated heterocycles. The van der Waals surface area contributed by atoms with E-state index < -0.39 is 0 Å². The van der Waals surface area contributed by atoms with E-state index in [0.29, 0.717) is 6.42 Å². The average Bonchev–Trinajstić information content (AvgIpc) is 2.05. The van der Waals surface area contributed by atoms with Crippen molar-refractivity contribution in [2.45, 2.75) is 38.3 Å². The van der Waals surface area contributed by atoms with Crippen molar-refractivity contribution in [1.82, 2.24) is 0 Å². The van der Waals surface area contributed by atoms with Crippen molar-refractivity contribution < 1.29 is 9.63 Å².